The van der Waals surface area contributed by atoms with Crippen LogP contribution in [0.2, 0.25) is 0 Å². The van der Waals surface area contributed by atoms with Crippen LogP contribution in [0.3, 0.4) is 0 Å². The molecule has 2 rings (SSSR count). The molecule has 0 aliphatic heterocycles. The highest BCUT2D eigenvalue weighted by Crippen LogP contribution is 2.20. The Labute approximate surface area is 163 Å². The number of carbonyl (C=O) groups excluding carboxylic acids is 3. The van der Waals surface area contributed by atoms with Crippen LogP contribution in [-0.2, 0) is 14.3 Å². The van der Waals surface area contributed by atoms with Gasteiger partial charge in [0.1, 0.15) is 5.75 Å². The van der Waals surface area contributed by atoms with Crippen LogP contribution in [0.5, 0.6) is 5.75 Å². The molecule has 2 aromatic carbocycles. The minimum absolute atomic E-state index is 0.161. The molecule has 0 radical (unpaired) electrons. The average Bonchev–Trinajstić information content (AvgIpc) is 2.70. The van der Waals surface area contributed by atoms with E-state index in [-0.39, 0.29) is 11.3 Å². The maximum Gasteiger partial charge on any atom is 0.344 e. The first kappa shape index (κ1) is 21.0. The van der Waals surface area contributed by atoms with E-state index in [2.05, 4.69) is 19.2 Å². The molecule has 0 aromatic heterocycles. The quantitative estimate of drug-likeness (QED) is 0.647. The number of carbonyl (C=O) groups is 3. The van der Waals surface area contributed by atoms with Crippen LogP contribution in [0.15, 0.2) is 48.5 Å². The van der Waals surface area contributed by atoms with E-state index >= 15 is 0 Å². The molecule has 0 saturated carbocycles. The first-order valence-electron chi connectivity index (χ1n) is 8.97. The Morgan fingerprint density at radius 3 is 2.36 bits per heavy atom. The molecule has 0 saturated heterocycles. The van der Waals surface area contributed by atoms with E-state index in [1.54, 1.807) is 12.1 Å². The zero-order chi connectivity index (χ0) is 20.5. The van der Waals surface area contributed by atoms with Crippen molar-refractivity contribution in [3.8, 4) is 5.75 Å². The summed E-state index contributed by atoms with van der Waals surface area (Å²) >= 11 is 0. The minimum atomic E-state index is -0.735. The molecule has 28 heavy (non-hydrogen) atoms. The predicted octanol–water partition coefficient (Wildman–Crippen LogP) is 2.86. The Hall–Kier alpha value is -3.35. The van der Waals surface area contributed by atoms with Crippen molar-refractivity contribution in [2.75, 3.05) is 18.5 Å². The number of nitrogens with one attached hydrogen (secondary N) is 1. The number of anilines is 1. The first-order chi connectivity index (χ1) is 13.4. The van der Waals surface area contributed by atoms with Crippen LogP contribution in [0.4, 0.5) is 5.69 Å². The fraction of sp³-hybridized carbons (Fsp3) is 0.286. The van der Waals surface area contributed by atoms with Crippen LogP contribution in [0.1, 0.15) is 42.1 Å². The van der Waals surface area contributed by atoms with E-state index in [1.165, 1.54) is 17.7 Å². The number of amides is 2. The molecule has 1 atom stereocenters. The van der Waals surface area contributed by atoms with Gasteiger partial charge in [0, 0.05) is 5.69 Å². The summed E-state index contributed by atoms with van der Waals surface area (Å²) in [5.41, 5.74) is 7.22. The summed E-state index contributed by atoms with van der Waals surface area (Å²) in [5, 5.41) is 2.66. The number of benzene rings is 2. The highest BCUT2D eigenvalue weighted by atomic mass is 16.6. The minimum Gasteiger partial charge on any atom is -0.481 e. The molecule has 0 aliphatic rings. The van der Waals surface area contributed by atoms with Crippen molar-refractivity contribution in [3.63, 3.8) is 0 Å². The number of para-hydroxylation sites is 1. The van der Waals surface area contributed by atoms with Crippen LogP contribution >= 0.6 is 0 Å². The maximum atomic E-state index is 11.9. The van der Waals surface area contributed by atoms with E-state index < -0.39 is 31.0 Å². The molecule has 0 fully saturated rings. The lowest BCUT2D eigenvalue weighted by Gasteiger charge is -2.11. The van der Waals surface area contributed by atoms with Gasteiger partial charge >= 0.3 is 5.97 Å². The van der Waals surface area contributed by atoms with Gasteiger partial charge in [0.15, 0.2) is 13.2 Å². The summed E-state index contributed by atoms with van der Waals surface area (Å²) in [4.78, 5) is 35.0. The molecule has 0 heterocycles. The van der Waals surface area contributed by atoms with Crippen molar-refractivity contribution in [3.05, 3.63) is 59.7 Å². The molecule has 2 aromatic rings. The number of primary amides is 1. The average molecular weight is 384 g/mol. The Balaban J connectivity index is 1.78. The predicted molar refractivity (Wildman–Crippen MR) is 105 cm³/mol. The third kappa shape index (κ3) is 6.12. The molecule has 7 heteroatoms. The number of hydrogen-bond acceptors (Lipinski definition) is 5. The summed E-state index contributed by atoms with van der Waals surface area (Å²) in [6.45, 7) is 3.37. The van der Waals surface area contributed by atoms with Crippen LogP contribution < -0.4 is 15.8 Å². The van der Waals surface area contributed by atoms with Crippen LogP contribution in [0, 0.1) is 0 Å². The fourth-order valence-electron chi connectivity index (χ4n) is 2.45. The number of hydrogen-bond donors (Lipinski definition) is 2. The van der Waals surface area contributed by atoms with Crippen LogP contribution in [0.25, 0.3) is 0 Å². The molecular weight excluding hydrogens is 360 g/mol. The smallest absolute Gasteiger partial charge is 0.344 e. The standard InChI is InChI=1S/C21H24N2O5/c1-3-14(2)15-8-10-16(11-9-15)23-19(24)12-28-20(25)13-27-18-7-5-4-6-17(18)21(22)26/h4-11,14H,3,12-13H2,1-2H3,(H2,22,26)(H,23,24)/t14-/m0/s1. The lowest BCUT2D eigenvalue weighted by molar-refractivity contribution is -0.149. The highest BCUT2D eigenvalue weighted by molar-refractivity contribution is 5.95. The Kier molecular flexibility index (Phi) is 7.56. The maximum absolute atomic E-state index is 11.9. The molecule has 0 unspecified atom stereocenters. The second-order valence-electron chi connectivity index (χ2n) is 6.29. The summed E-state index contributed by atoms with van der Waals surface area (Å²) in [6, 6.07) is 13.8. The lowest BCUT2D eigenvalue weighted by atomic mass is 9.99. The van der Waals surface area contributed by atoms with Gasteiger partial charge in [0.25, 0.3) is 11.8 Å². The lowest BCUT2D eigenvalue weighted by Crippen LogP contribution is -2.24. The van der Waals surface area contributed by atoms with Crippen molar-refractivity contribution in [1.29, 1.82) is 0 Å². The van der Waals surface area contributed by atoms with Gasteiger partial charge in [-0.05, 0) is 42.2 Å². The van der Waals surface area contributed by atoms with Gasteiger partial charge in [-0.2, -0.15) is 0 Å². The van der Waals surface area contributed by atoms with Gasteiger partial charge < -0.3 is 20.5 Å². The van der Waals surface area contributed by atoms with Gasteiger partial charge in [-0.25, -0.2) is 4.79 Å². The monoisotopic (exact) mass is 384 g/mol. The number of ether oxygens (including phenoxy) is 2. The van der Waals surface area contributed by atoms with Crippen molar-refractivity contribution in [2.45, 2.75) is 26.2 Å². The first-order valence-corrected chi connectivity index (χ1v) is 8.97. The normalized spacial score (nSPS) is 11.4. The van der Waals surface area contributed by atoms with E-state index in [4.69, 9.17) is 15.2 Å². The van der Waals surface area contributed by atoms with Gasteiger partial charge in [0.05, 0.1) is 5.56 Å². The highest BCUT2D eigenvalue weighted by Gasteiger charge is 2.12. The molecule has 0 aliphatic carbocycles. The van der Waals surface area contributed by atoms with E-state index in [9.17, 15) is 14.4 Å². The van der Waals surface area contributed by atoms with Crippen LogP contribution in [-0.4, -0.2) is 31.0 Å². The molecule has 0 spiro atoms. The second-order valence-corrected chi connectivity index (χ2v) is 6.29. The Morgan fingerprint density at radius 1 is 1.04 bits per heavy atom. The van der Waals surface area contributed by atoms with Crippen molar-refractivity contribution in [2.24, 2.45) is 5.73 Å². The summed E-state index contributed by atoms with van der Waals surface area (Å²) < 4.78 is 10.1. The van der Waals surface area contributed by atoms with Gasteiger partial charge in [-0.1, -0.05) is 38.1 Å². The molecule has 2 amide bonds. The van der Waals surface area contributed by atoms with E-state index in [0.29, 0.717) is 11.6 Å². The summed E-state index contributed by atoms with van der Waals surface area (Å²) in [6.07, 6.45) is 1.04. The fourth-order valence-corrected chi connectivity index (χ4v) is 2.45. The molecular formula is C21H24N2O5. The molecule has 148 valence electrons. The van der Waals surface area contributed by atoms with E-state index in [1.807, 2.05) is 24.3 Å². The SMILES string of the molecule is CC[C@H](C)c1ccc(NC(=O)COC(=O)COc2ccccc2C(N)=O)cc1. The second kappa shape index (κ2) is 10.1. The molecule has 3 N–H and O–H groups in total. The van der Waals surface area contributed by atoms with Gasteiger partial charge in [-0.15, -0.1) is 0 Å². The number of esters is 1. The van der Waals surface area contributed by atoms with E-state index in [0.717, 1.165) is 6.42 Å². The Bertz CT molecular complexity index is 833. The third-order valence-electron chi connectivity index (χ3n) is 4.24. The third-order valence-corrected chi connectivity index (χ3v) is 4.24. The van der Waals surface area contributed by atoms with Crippen molar-refractivity contribution < 1.29 is 23.9 Å². The van der Waals surface area contributed by atoms with Crippen molar-refractivity contribution in [1.82, 2.24) is 0 Å². The summed E-state index contributed by atoms with van der Waals surface area (Å²) in [7, 11) is 0. The van der Waals surface area contributed by atoms with Gasteiger partial charge in [-0.3, -0.25) is 9.59 Å². The largest absolute Gasteiger partial charge is 0.481 e. The Morgan fingerprint density at radius 2 is 1.71 bits per heavy atom. The number of nitrogens with two attached hydrogens (primary N) is 1. The summed E-state index contributed by atoms with van der Waals surface area (Å²) in [5.74, 6) is -1.23. The topological polar surface area (TPSA) is 108 Å². The van der Waals surface area contributed by atoms with Crippen molar-refractivity contribution >= 4 is 23.5 Å². The molecule has 0 bridgehead atoms. The molecule has 7 nitrogen and oxygen atoms in total. The van der Waals surface area contributed by atoms with Gasteiger partial charge in [0.2, 0.25) is 0 Å². The zero-order valence-electron chi connectivity index (χ0n) is 15.9. The number of rotatable bonds is 9. The zero-order valence-corrected chi connectivity index (χ0v) is 15.9.